The van der Waals surface area contributed by atoms with E-state index in [0.29, 0.717) is 11.8 Å². The maximum atomic E-state index is 12.0. The minimum absolute atomic E-state index is 0.358. The van der Waals surface area contributed by atoms with Gasteiger partial charge < -0.3 is 10.2 Å². The third-order valence-electron chi connectivity index (χ3n) is 4.45. The van der Waals surface area contributed by atoms with Gasteiger partial charge in [0.1, 0.15) is 0 Å². The molecule has 0 aromatic heterocycles. The maximum Gasteiger partial charge on any atom is 0.222 e. The van der Waals surface area contributed by atoms with Gasteiger partial charge in [-0.2, -0.15) is 0 Å². The van der Waals surface area contributed by atoms with E-state index in [4.69, 9.17) is 0 Å². The molecular formula is C14H26N2O. The van der Waals surface area contributed by atoms with E-state index in [1.165, 1.54) is 38.5 Å². The van der Waals surface area contributed by atoms with Crippen LogP contribution in [0.4, 0.5) is 0 Å². The zero-order chi connectivity index (χ0) is 12.1. The van der Waals surface area contributed by atoms with Gasteiger partial charge in [-0.15, -0.1) is 0 Å². The molecule has 1 aliphatic carbocycles. The lowest BCUT2D eigenvalue weighted by Gasteiger charge is -2.29. The van der Waals surface area contributed by atoms with E-state index in [1.54, 1.807) is 0 Å². The topological polar surface area (TPSA) is 32.3 Å². The summed E-state index contributed by atoms with van der Waals surface area (Å²) in [6, 6.07) is 0. The van der Waals surface area contributed by atoms with Gasteiger partial charge >= 0.3 is 0 Å². The van der Waals surface area contributed by atoms with Crippen molar-refractivity contribution in [3.63, 3.8) is 0 Å². The van der Waals surface area contributed by atoms with Crippen molar-refractivity contribution in [1.82, 2.24) is 10.2 Å². The van der Waals surface area contributed by atoms with E-state index in [2.05, 4.69) is 5.32 Å². The standard InChI is InChI=1S/C14H26N2O/c1-16(10-7-12-3-2-4-12)14(17)11-13-5-8-15-9-6-13/h12-13,15H,2-11H2,1H3. The van der Waals surface area contributed by atoms with E-state index in [1.807, 2.05) is 11.9 Å². The monoisotopic (exact) mass is 238 g/mol. The van der Waals surface area contributed by atoms with Crippen LogP contribution in [0, 0.1) is 11.8 Å². The van der Waals surface area contributed by atoms with Crippen molar-refractivity contribution < 1.29 is 4.79 Å². The molecule has 3 heteroatoms. The highest BCUT2D eigenvalue weighted by Gasteiger charge is 2.21. The Morgan fingerprint density at radius 2 is 1.88 bits per heavy atom. The molecule has 3 nitrogen and oxygen atoms in total. The average Bonchev–Trinajstić information content (AvgIpc) is 2.28. The molecule has 1 aliphatic heterocycles. The third kappa shape index (κ3) is 3.98. The van der Waals surface area contributed by atoms with E-state index in [9.17, 15) is 4.79 Å². The SMILES string of the molecule is CN(CCC1CCC1)C(=O)CC1CCNCC1. The van der Waals surface area contributed by atoms with Crippen molar-refractivity contribution in [3.8, 4) is 0 Å². The summed E-state index contributed by atoms with van der Waals surface area (Å²) >= 11 is 0. The van der Waals surface area contributed by atoms with Gasteiger partial charge in [-0.1, -0.05) is 19.3 Å². The largest absolute Gasteiger partial charge is 0.346 e. The molecule has 0 aromatic rings. The Balaban J connectivity index is 1.63. The Labute approximate surface area is 105 Å². The fourth-order valence-corrected chi connectivity index (χ4v) is 2.77. The Morgan fingerprint density at radius 1 is 1.18 bits per heavy atom. The van der Waals surface area contributed by atoms with Crippen LogP contribution < -0.4 is 5.32 Å². The molecule has 2 aliphatic rings. The van der Waals surface area contributed by atoms with Crippen molar-refractivity contribution in [2.45, 2.75) is 44.9 Å². The average molecular weight is 238 g/mol. The van der Waals surface area contributed by atoms with Crippen LogP contribution in [-0.2, 0) is 4.79 Å². The summed E-state index contributed by atoms with van der Waals surface area (Å²) in [6.07, 6.45) is 8.49. The summed E-state index contributed by atoms with van der Waals surface area (Å²) in [6.45, 7) is 3.14. The molecule has 0 atom stereocenters. The van der Waals surface area contributed by atoms with E-state index >= 15 is 0 Å². The molecule has 2 rings (SSSR count). The number of rotatable bonds is 5. The van der Waals surface area contributed by atoms with E-state index < -0.39 is 0 Å². The zero-order valence-electron chi connectivity index (χ0n) is 11.1. The van der Waals surface area contributed by atoms with Gasteiger partial charge in [-0.05, 0) is 44.2 Å². The molecule has 1 heterocycles. The summed E-state index contributed by atoms with van der Waals surface area (Å²) in [5.74, 6) is 1.88. The first-order chi connectivity index (χ1) is 8.25. The van der Waals surface area contributed by atoms with Gasteiger partial charge in [0.2, 0.25) is 5.91 Å². The van der Waals surface area contributed by atoms with Crippen LogP contribution in [-0.4, -0.2) is 37.5 Å². The number of nitrogens with one attached hydrogen (secondary N) is 1. The molecule has 1 saturated heterocycles. The molecule has 2 fully saturated rings. The quantitative estimate of drug-likeness (QED) is 0.795. The second kappa shape index (κ2) is 6.39. The van der Waals surface area contributed by atoms with Crippen LogP contribution >= 0.6 is 0 Å². The fraction of sp³-hybridized carbons (Fsp3) is 0.929. The van der Waals surface area contributed by atoms with Gasteiger partial charge in [0, 0.05) is 20.0 Å². The Kier molecular flexibility index (Phi) is 4.84. The molecule has 0 spiro atoms. The van der Waals surface area contributed by atoms with Crippen LogP contribution in [0.5, 0.6) is 0 Å². The predicted molar refractivity (Wildman–Crippen MR) is 69.8 cm³/mol. The smallest absolute Gasteiger partial charge is 0.222 e. The fourth-order valence-electron chi connectivity index (χ4n) is 2.77. The second-order valence-corrected chi connectivity index (χ2v) is 5.80. The van der Waals surface area contributed by atoms with Gasteiger partial charge in [0.15, 0.2) is 0 Å². The molecule has 1 saturated carbocycles. The Hall–Kier alpha value is -0.570. The first-order valence-corrected chi connectivity index (χ1v) is 7.20. The lowest BCUT2D eigenvalue weighted by Crippen LogP contribution is -2.34. The number of hydrogen-bond donors (Lipinski definition) is 1. The number of amides is 1. The Morgan fingerprint density at radius 3 is 2.47 bits per heavy atom. The van der Waals surface area contributed by atoms with Crippen LogP contribution in [0.2, 0.25) is 0 Å². The van der Waals surface area contributed by atoms with Gasteiger partial charge in [0.25, 0.3) is 0 Å². The summed E-state index contributed by atoms with van der Waals surface area (Å²) in [7, 11) is 1.97. The van der Waals surface area contributed by atoms with Crippen molar-refractivity contribution in [2.75, 3.05) is 26.7 Å². The molecule has 1 N–H and O–H groups in total. The second-order valence-electron chi connectivity index (χ2n) is 5.80. The molecule has 0 bridgehead atoms. The van der Waals surface area contributed by atoms with E-state index in [0.717, 1.165) is 32.0 Å². The van der Waals surface area contributed by atoms with Crippen LogP contribution in [0.1, 0.15) is 44.9 Å². The number of carbonyl (C=O) groups excluding carboxylic acids is 1. The van der Waals surface area contributed by atoms with E-state index in [-0.39, 0.29) is 0 Å². The molecule has 0 unspecified atom stereocenters. The number of hydrogen-bond acceptors (Lipinski definition) is 2. The Bertz CT molecular complexity index is 245. The summed E-state index contributed by atoms with van der Waals surface area (Å²) in [4.78, 5) is 14.0. The molecular weight excluding hydrogens is 212 g/mol. The van der Waals surface area contributed by atoms with Gasteiger partial charge in [-0.25, -0.2) is 0 Å². The van der Waals surface area contributed by atoms with Crippen LogP contribution in [0.15, 0.2) is 0 Å². The number of piperidine rings is 1. The third-order valence-corrected chi connectivity index (χ3v) is 4.45. The molecule has 0 aromatic carbocycles. The van der Waals surface area contributed by atoms with Crippen molar-refractivity contribution in [2.24, 2.45) is 11.8 Å². The van der Waals surface area contributed by atoms with Crippen LogP contribution in [0.3, 0.4) is 0 Å². The highest BCUT2D eigenvalue weighted by atomic mass is 16.2. The molecule has 1 amide bonds. The van der Waals surface area contributed by atoms with Gasteiger partial charge in [-0.3, -0.25) is 4.79 Å². The summed E-state index contributed by atoms with van der Waals surface area (Å²) < 4.78 is 0. The summed E-state index contributed by atoms with van der Waals surface area (Å²) in [5, 5.41) is 3.35. The lowest BCUT2D eigenvalue weighted by atomic mass is 9.83. The first kappa shape index (κ1) is 12.9. The minimum Gasteiger partial charge on any atom is -0.346 e. The highest BCUT2D eigenvalue weighted by Crippen LogP contribution is 2.29. The predicted octanol–water partition coefficient (Wildman–Crippen LogP) is 2.02. The zero-order valence-corrected chi connectivity index (χ0v) is 11.1. The van der Waals surface area contributed by atoms with Crippen molar-refractivity contribution in [1.29, 1.82) is 0 Å². The molecule has 98 valence electrons. The highest BCUT2D eigenvalue weighted by molar-refractivity contribution is 5.76. The molecule has 0 radical (unpaired) electrons. The minimum atomic E-state index is 0.358. The number of carbonyl (C=O) groups is 1. The van der Waals surface area contributed by atoms with Crippen molar-refractivity contribution in [3.05, 3.63) is 0 Å². The number of nitrogens with zero attached hydrogens (tertiary/aromatic N) is 1. The normalized spacial score (nSPS) is 22.2. The van der Waals surface area contributed by atoms with Crippen molar-refractivity contribution >= 4 is 5.91 Å². The summed E-state index contributed by atoms with van der Waals surface area (Å²) in [5.41, 5.74) is 0. The van der Waals surface area contributed by atoms with Crippen LogP contribution in [0.25, 0.3) is 0 Å². The molecule has 17 heavy (non-hydrogen) atoms. The first-order valence-electron chi connectivity index (χ1n) is 7.20. The lowest BCUT2D eigenvalue weighted by molar-refractivity contribution is -0.131. The maximum absolute atomic E-state index is 12.0. The van der Waals surface area contributed by atoms with Gasteiger partial charge in [0.05, 0.1) is 0 Å².